The highest BCUT2D eigenvalue weighted by molar-refractivity contribution is 7.09. The van der Waals surface area contributed by atoms with Gasteiger partial charge in [-0.05, 0) is 6.92 Å². The summed E-state index contributed by atoms with van der Waals surface area (Å²) in [5.41, 5.74) is 0. The minimum Gasteiger partial charge on any atom is -0.464 e. The van der Waals surface area contributed by atoms with Crippen LogP contribution in [0.5, 0.6) is 5.88 Å². The summed E-state index contributed by atoms with van der Waals surface area (Å²) in [6.45, 7) is 2.22. The average Bonchev–Trinajstić information content (AvgIpc) is 2.31. The van der Waals surface area contributed by atoms with Crippen LogP contribution < -0.4 is 4.74 Å². The van der Waals surface area contributed by atoms with E-state index >= 15 is 0 Å². The lowest BCUT2D eigenvalue weighted by Gasteiger charge is -1.92. The molecule has 0 aliphatic carbocycles. The van der Waals surface area contributed by atoms with Crippen molar-refractivity contribution in [3.05, 3.63) is 10.4 Å². The van der Waals surface area contributed by atoms with E-state index in [0.717, 1.165) is 5.01 Å². The smallest absolute Gasteiger partial charge is 0.225 e. The van der Waals surface area contributed by atoms with Gasteiger partial charge in [0.25, 0.3) is 0 Å². The number of hydrogen-bond donors (Lipinski definition) is 0. The number of rotatable bonds is 2. The Morgan fingerprint density at radius 2 is 2.70 bits per heavy atom. The van der Waals surface area contributed by atoms with Crippen LogP contribution in [0.1, 0.15) is 5.01 Å². The molecule has 3 heteroatoms. The molecular formula is C7H7NOS. The maximum Gasteiger partial charge on any atom is 0.225 e. The van der Waals surface area contributed by atoms with E-state index in [9.17, 15) is 0 Å². The molecule has 1 aromatic rings. The molecule has 0 unspecified atom stereocenters. The second kappa shape index (κ2) is 3.23. The number of thiazole rings is 1. The van der Waals surface area contributed by atoms with Gasteiger partial charge in [0, 0.05) is 0 Å². The van der Waals surface area contributed by atoms with Gasteiger partial charge in [-0.2, -0.15) is 0 Å². The molecule has 0 aliphatic rings. The van der Waals surface area contributed by atoms with Crippen LogP contribution in [-0.2, 0) is 0 Å². The zero-order valence-electron chi connectivity index (χ0n) is 5.63. The SMILES string of the molecule is C#CCOc1csc(C)n1. The molecule has 1 rings (SSSR count). The first-order valence-corrected chi connectivity index (χ1v) is 3.69. The lowest BCUT2D eigenvalue weighted by atomic mass is 10.7. The van der Waals surface area contributed by atoms with E-state index in [2.05, 4.69) is 10.9 Å². The van der Waals surface area contributed by atoms with Crippen molar-refractivity contribution in [2.45, 2.75) is 6.92 Å². The molecule has 0 aliphatic heterocycles. The fraction of sp³-hybridized carbons (Fsp3) is 0.286. The largest absolute Gasteiger partial charge is 0.464 e. The van der Waals surface area contributed by atoms with Gasteiger partial charge in [0.2, 0.25) is 5.88 Å². The van der Waals surface area contributed by atoms with E-state index in [1.165, 1.54) is 0 Å². The Hall–Kier alpha value is -1.01. The van der Waals surface area contributed by atoms with Crippen molar-refractivity contribution in [1.82, 2.24) is 4.98 Å². The Kier molecular flexibility index (Phi) is 2.30. The van der Waals surface area contributed by atoms with E-state index in [-0.39, 0.29) is 0 Å². The van der Waals surface area contributed by atoms with Crippen LogP contribution in [-0.4, -0.2) is 11.6 Å². The quantitative estimate of drug-likeness (QED) is 0.600. The molecule has 52 valence electrons. The minimum absolute atomic E-state index is 0.295. The van der Waals surface area contributed by atoms with Crippen molar-refractivity contribution in [1.29, 1.82) is 0 Å². The van der Waals surface area contributed by atoms with Crippen LogP contribution in [0.4, 0.5) is 0 Å². The van der Waals surface area contributed by atoms with Crippen molar-refractivity contribution in [2.75, 3.05) is 6.61 Å². The van der Waals surface area contributed by atoms with E-state index in [0.29, 0.717) is 12.5 Å². The summed E-state index contributed by atoms with van der Waals surface area (Å²) in [6, 6.07) is 0. The van der Waals surface area contributed by atoms with Gasteiger partial charge in [0.1, 0.15) is 0 Å². The van der Waals surface area contributed by atoms with Crippen LogP contribution in [0.15, 0.2) is 5.38 Å². The first-order valence-electron chi connectivity index (χ1n) is 2.81. The van der Waals surface area contributed by atoms with Gasteiger partial charge in [-0.1, -0.05) is 5.92 Å². The summed E-state index contributed by atoms with van der Waals surface area (Å²) in [7, 11) is 0. The van der Waals surface area contributed by atoms with E-state index in [1.54, 1.807) is 11.3 Å². The molecule has 0 saturated heterocycles. The zero-order chi connectivity index (χ0) is 7.40. The number of nitrogens with zero attached hydrogens (tertiary/aromatic N) is 1. The predicted octanol–water partition coefficient (Wildman–Crippen LogP) is 1.46. The predicted molar refractivity (Wildman–Crippen MR) is 41.2 cm³/mol. The molecule has 0 aromatic carbocycles. The molecule has 0 bridgehead atoms. The third kappa shape index (κ3) is 1.74. The molecule has 1 heterocycles. The van der Waals surface area contributed by atoms with Gasteiger partial charge in [0.05, 0.1) is 10.4 Å². The average molecular weight is 153 g/mol. The Balaban J connectivity index is 2.52. The maximum absolute atomic E-state index is 5.04. The molecule has 10 heavy (non-hydrogen) atoms. The van der Waals surface area contributed by atoms with E-state index in [4.69, 9.17) is 11.2 Å². The summed E-state index contributed by atoms with van der Waals surface area (Å²) < 4.78 is 5.04. The molecule has 0 N–H and O–H groups in total. The molecule has 0 radical (unpaired) electrons. The third-order valence-electron chi connectivity index (χ3n) is 0.901. The minimum atomic E-state index is 0.295. The standard InChI is InChI=1S/C7H7NOS/c1-3-4-9-7-5-10-6(2)8-7/h1,5H,4H2,2H3. The Morgan fingerprint density at radius 3 is 3.20 bits per heavy atom. The maximum atomic E-state index is 5.04. The number of hydrogen-bond acceptors (Lipinski definition) is 3. The number of aromatic nitrogens is 1. The van der Waals surface area contributed by atoms with Crippen molar-refractivity contribution in [2.24, 2.45) is 0 Å². The molecule has 2 nitrogen and oxygen atoms in total. The van der Waals surface area contributed by atoms with E-state index < -0.39 is 0 Å². The lowest BCUT2D eigenvalue weighted by Crippen LogP contribution is -1.92. The van der Waals surface area contributed by atoms with Crippen LogP contribution in [0, 0.1) is 19.3 Å². The molecule has 1 aromatic heterocycles. The van der Waals surface area contributed by atoms with Crippen LogP contribution in [0.3, 0.4) is 0 Å². The second-order valence-corrected chi connectivity index (χ2v) is 2.76. The summed E-state index contributed by atoms with van der Waals surface area (Å²) in [5.74, 6) is 2.99. The van der Waals surface area contributed by atoms with Crippen molar-refractivity contribution in [3.63, 3.8) is 0 Å². The van der Waals surface area contributed by atoms with Crippen molar-refractivity contribution < 1.29 is 4.74 Å². The first-order chi connectivity index (χ1) is 4.83. The van der Waals surface area contributed by atoms with Crippen LogP contribution in [0.2, 0.25) is 0 Å². The Labute approximate surface area is 63.9 Å². The summed E-state index contributed by atoms with van der Waals surface area (Å²) in [6.07, 6.45) is 4.98. The van der Waals surface area contributed by atoms with Crippen LogP contribution >= 0.6 is 11.3 Å². The van der Waals surface area contributed by atoms with Gasteiger partial charge in [-0.3, -0.25) is 0 Å². The molecular weight excluding hydrogens is 146 g/mol. The fourth-order valence-corrected chi connectivity index (χ4v) is 1.06. The lowest BCUT2D eigenvalue weighted by molar-refractivity contribution is 0.357. The highest BCUT2D eigenvalue weighted by atomic mass is 32.1. The summed E-state index contributed by atoms with van der Waals surface area (Å²) in [4.78, 5) is 4.05. The van der Waals surface area contributed by atoms with Gasteiger partial charge >= 0.3 is 0 Å². The van der Waals surface area contributed by atoms with Gasteiger partial charge in [-0.25, -0.2) is 4.98 Å². The summed E-state index contributed by atoms with van der Waals surface area (Å²) in [5, 5.41) is 2.83. The Morgan fingerprint density at radius 1 is 1.90 bits per heavy atom. The monoisotopic (exact) mass is 153 g/mol. The number of ether oxygens (including phenoxy) is 1. The fourth-order valence-electron chi connectivity index (χ4n) is 0.525. The van der Waals surface area contributed by atoms with Gasteiger partial charge in [0.15, 0.2) is 6.61 Å². The molecule has 0 saturated carbocycles. The normalized spacial score (nSPS) is 8.80. The van der Waals surface area contributed by atoms with Gasteiger partial charge < -0.3 is 4.74 Å². The zero-order valence-corrected chi connectivity index (χ0v) is 6.44. The first kappa shape index (κ1) is 7.10. The van der Waals surface area contributed by atoms with Crippen LogP contribution in [0.25, 0.3) is 0 Å². The highest BCUT2D eigenvalue weighted by Gasteiger charge is 1.95. The molecule has 0 fully saturated rings. The third-order valence-corrected chi connectivity index (χ3v) is 1.65. The Bertz CT molecular complexity index is 248. The number of terminal acetylenes is 1. The topological polar surface area (TPSA) is 22.1 Å². The number of aryl methyl sites for hydroxylation is 1. The highest BCUT2D eigenvalue weighted by Crippen LogP contribution is 2.14. The molecule has 0 spiro atoms. The van der Waals surface area contributed by atoms with E-state index in [1.807, 2.05) is 12.3 Å². The summed E-state index contributed by atoms with van der Waals surface area (Å²) >= 11 is 1.55. The van der Waals surface area contributed by atoms with Crippen molar-refractivity contribution in [3.8, 4) is 18.2 Å². The van der Waals surface area contributed by atoms with Crippen molar-refractivity contribution >= 4 is 11.3 Å². The molecule has 0 atom stereocenters. The van der Waals surface area contributed by atoms with Gasteiger partial charge in [-0.15, -0.1) is 17.8 Å². The molecule has 0 amide bonds. The second-order valence-electron chi connectivity index (χ2n) is 1.70.